The summed E-state index contributed by atoms with van der Waals surface area (Å²) >= 11 is 1.65. The molecule has 0 bridgehead atoms. The van der Waals surface area contributed by atoms with Gasteiger partial charge in [0.2, 0.25) is 0 Å². The Kier molecular flexibility index (Phi) is 5.20. The molecule has 0 saturated carbocycles. The molecule has 5 heteroatoms. The summed E-state index contributed by atoms with van der Waals surface area (Å²) in [4.78, 5) is 0. The van der Waals surface area contributed by atoms with E-state index in [1.807, 2.05) is 19.1 Å². The molecule has 1 aromatic heterocycles. The fraction of sp³-hybridized carbons (Fsp3) is 0.263. The molecule has 0 radical (unpaired) electrons. The van der Waals surface area contributed by atoms with Crippen LogP contribution in [-0.2, 0) is 0 Å². The number of hydrogen-bond acceptors (Lipinski definition) is 4. The molecular formula is C19H21N3OS. The fourth-order valence-electron chi connectivity index (χ4n) is 2.35. The zero-order valence-corrected chi connectivity index (χ0v) is 15.0. The summed E-state index contributed by atoms with van der Waals surface area (Å²) in [5.41, 5.74) is 3.56. The van der Waals surface area contributed by atoms with Gasteiger partial charge in [-0.1, -0.05) is 47.2 Å². The van der Waals surface area contributed by atoms with Crippen molar-refractivity contribution in [1.29, 1.82) is 0 Å². The lowest BCUT2D eigenvalue weighted by molar-refractivity contribution is 0.344. The lowest BCUT2D eigenvalue weighted by Gasteiger charge is -2.09. The van der Waals surface area contributed by atoms with Gasteiger partial charge in [-0.3, -0.25) is 4.57 Å². The molecule has 0 aliphatic heterocycles. The largest absolute Gasteiger partial charge is 0.493 e. The van der Waals surface area contributed by atoms with Crippen molar-refractivity contribution in [1.82, 2.24) is 14.8 Å². The molecule has 0 N–H and O–H groups in total. The molecule has 3 rings (SSSR count). The monoisotopic (exact) mass is 339 g/mol. The molecule has 0 fully saturated rings. The van der Waals surface area contributed by atoms with E-state index >= 15 is 0 Å². The molecular weight excluding hydrogens is 318 g/mol. The van der Waals surface area contributed by atoms with Crippen molar-refractivity contribution in [3.05, 3.63) is 65.5 Å². The lowest BCUT2D eigenvalue weighted by atomic mass is 10.2. The Hall–Kier alpha value is -2.27. The van der Waals surface area contributed by atoms with Crippen LogP contribution in [-0.4, -0.2) is 27.1 Å². The van der Waals surface area contributed by atoms with Crippen molar-refractivity contribution >= 4 is 11.8 Å². The summed E-state index contributed by atoms with van der Waals surface area (Å²) in [6.07, 6.45) is 0. The van der Waals surface area contributed by atoms with Crippen molar-refractivity contribution in [2.45, 2.75) is 25.9 Å². The van der Waals surface area contributed by atoms with E-state index in [4.69, 9.17) is 4.74 Å². The summed E-state index contributed by atoms with van der Waals surface area (Å²) in [7, 11) is 0. The molecule has 124 valence electrons. The predicted octanol–water partition coefficient (Wildman–Crippen LogP) is 4.36. The van der Waals surface area contributed by atoms with Gasteiger partial charge in [0, 0.05) is 11.4 Å². The highest BCUT2D eigenvalue weighted by Gasteiger charge is 2.11. The molecule has 1 heterocycles. The highest BCUT2D eigenvalue weighted by atomic mass is 32.2. The highest BCUT2D eigenvalue weighted by molar-refractivity contribution is 7.99. The Labute approximate surface area is 146 Å². The summed E-state index contributed by atoms with van der Waals surface area (Å²) in [6.45, 7) is 6.76. The summed E-state index contributed by atoms with van der Waals surface area (Å²) in [5.74, 6) is 2.61. The van der Waals surface area contributed by atoms with Crippen LogP contribution in [0.2, 0.25) is 0 Å². The highest BCUT2D eigenvalue weighted by Crippen LogP contribution is 2.22. The van der Waals surface area contributed by atoms with Crippen molar-refractivity contribution in [3.63, 3.8) is 0 Å². The molecule has 0 aliphatic carbocycles. The molecule has 0 aliphatic rings. The Morgan fingerprint density at radius 1 is 0.875 bits per heavy atom. The van der Waals surface area contributed by atoms with Crippen LogP contribution in [0.4, 0.5) is 0 Å². The van der Waals surface area contributed by atoms with E-state index in [-0.39, 0.29) is 0 Å². The SMILES string of the molecule is Cc1ccc(OCCSc2nnc(C)n2-c2ccc(C)cc2)cc1. The smallest absolute Gasteiger partial charge is 0.195 e. The number of hydrogen-bond donors (Lipinski definition) is 0. The summed E-state index contributed by atoms with van der Waals surface area (Å²) in [5, 5.41) is 9.40. The van der Waals surface area contributed by atoms with Gasteiger partial charge in [-0.25, -0.2) is 0 Å². The maximum atomic E-state index is 5.77. The second-order valence-corrected chi connectivity index (χ2v) is 6.77. The average molecular weight is 339 g/mol. The average Bonchev–Trinajstić information content (AvgIpc) is 2.95. The van der Waals surface area contributed by atoms with E-state index < -0.39 is 0 Å². The number of benzene rings is 2. The maximum Gasteiger partial charge on any atom is 0.195 e. The minimum Gasteiger partial charge on any atom is -0.493 e. The van der Waals surface area contributed by atoms with Crippen molar-refractivity contribution < 1.29 is 4.74 Å². The molecule has 0 unspecified atom stereocenters. The number of thioether (sulfide) groups is 1. The zero-order chi connectivity index (χ0) is 16.9. The Morgan fingerprint density at radius 3 is 2.17 bits per heavy atom. The third-order valence-corrected chi connectivity index (χ3v) is 4.58. The van der Waals surface area contributed by atoms with Crippen molar-refractivity contribution in [2.24, 2.45) is 0 Å². The number of aryl methyl sites for hydroxylation is 3. The van der Waals surface area contributed by atoms with E-state index in [1.165, 1.54) is 11.1 Å². The number of nitrogens with zero attached hydrogens (tertiary/aromatic N) is 3. The van der Waals surface area contributed by atoms with E-state index in [2.05, 4.69) is 65.0 Å². The third kappa shape index (κ3) is 3.97. The quantitative estimate of drug-likeness (QED) is 0.494. The first-order valence-electron chi connectivity index (χ1n) is 7.95. The number of aromatic nitrogens is 3. The first-order valence-corrected chi connectivity index (χ1v) is 8.93. The van der Waals surface area contributed by atoms with Gasteiger partial charge >= 0.3 is 0 Å². The van der Waals surface area contributed by atoms with Crippen LogP contribution in [0.15, 0.2) is 53.7 Å². The van der Waals surface area contributed by atoms with E-state index in [9.17, 15) is 0 Å². The van der Waals surface area contributed by atoms with Crippen LogP contribution in [0.3, 0.4) is 0 Å². The van der Waals surface area contributed by atoms with E-state index in [1.54, 1.807) is 11.8 Å². The van der Waals surface area contributed by atoms with Gasteiger partial charge < -0.3 is 4.74 Å². The van der Waals surface area contributed by atoms with Crippen LogP contribution in [0.25, 0.3) is 5.69 Å². The predicted molar refractivity (Wildman–Crippen MR) is 98.2 cm³/mol. The molecule has 0 atom stereocenters. The van der Waals surface area contributed by atoms with Crippen LogP contribution in [0, 0.1) is 20.8 Å². The molecule has 3 aromatic rings. The Bertz CT molecular complexity index is 794. The fourth-order valence-corrected chi connectivity index (χ4v) is 3.17. The number of rotatable bonds is 6. The molecule has 0 spiro atoms. The minimum absolute atomic E-state index is 0.632. The summed E-state index contributed by atoms with van der Waals surface area (Å²) < 4.78 is 7.85. The molecule has 24 heavy (non-hydrogen) atoms. The van der Waals surface area contributed by atoms with E-state index in [0.717, 1.165) is 28.2 Å². The van der Waals surface area contributed by atoms with Crippen LogP contribution >= 0.6 is 11.8 Å². The topological polar surface area (TPSA) is 39.9 Å². The molecule has 0 saturated heterocycles. The lowest BCUT2D eigenvalue weighted by Crippen LogP contribution is -2.03. The molecule has 2 aromatic carbocycles. The second kappa shape index (κ2) is 7.53. The van der Waals surface area contributed by atoms with Gasteiger partial charge in [0.1, 0.15) is 11.6 Å². The minimum atomic E-state index is 0.632. The number of ether oxygens (including phenoxy) is 1. The molecule has 4 nitrogen and oxygen atoms in total. The first-order chi connectivity index (χ1) is 11.6. The molecule has 0 amide bonds. The van der Waals surface area contributed by atoms with Gasteiger partial charge in [0.25, 0.3) is 0 Å². The van der Waals surface area contributed by atoms with Gasteiger partial charge in [-0.2, -0.15) is 0 Å². The Morgan fingerprint density at radius 2 is 1.50 bits per heavy atom. The van der Waals surface area contributed by atoms with Gasteiger partial charge in [-0.15, -0.1) is 10.2 Å². The standard InChI is InChI=1S/C19H21N3OS/c1-14-4-8-17(9-5-14)22-16(3)20-21-19(22)24-13-12-23-18-10-6-15(2)7-11-18/h4-11H,12-13H2,1-3H3. The third-order valence-electron chi connectivity index (χ3n) is 3.69. The van der Waals surface area contributed by atoms with Gasteiger partial charge in [0.05, 0.1) is 6.61 Å². The van der Waals surface area contributed by atoms with Crippen LogP contribution in [0.5, 0.6) is 5.75 Å². The van der Waals surface area contributed by atoms with E-state index in [0.29, 0.717) is 6.61 Å². The summed E-state index contributed by atoms with van der Waals surface area (Å²) in [6, 6.07) is 16.5. The van der Waals surface area contributed by atoms with Gasteiger partial charge in [-0.05, 0) is 45.0 Å². The van der Waals surface area contributed by atoms with Crippen molar-refractivity contribution in [2.75, 3.05) is 12.4 Å². The van der Waals surface area contributed by atoms with Crippen LogP contribution < -0.4 is 4.74 Å². The Balaban J connectivity index is 1.61. The maximum absolute atomic E-state index is 5.77. The van der Waals surface area contributed by atoms with Crippen molar-refractivity contribution in [3.8, 4) is 11.4 Å². The van der Waals surface area contributed by atoms with Gasteiger partial charge in [0.15, 0.2) is 5.16 Å². The first kappa shape index (κ1) is 16.6. The normalized spacial score (nSPS) is 10.8. The second-order valence-electron chi connectivity index (χ2n) is 5.71. The van der Waals surface area contributed by atoms with Crippen LogP contribution in [0.1, 0.15) is 17.0 Å². The zero-order valence-electron chi connectivity index (χ0n) is 14.2.